The first-order chi connectivity index (χ1) is 12.7. The summed E-state index contributed by atoms with van der Waals surface area (Å²) in [6.07, 6.45) is 0. The minimum Gasteiger partial charge on any atom is -0.484 e. The summed E-state index contributed by atoms with van der Waals surface area (Å²) in [5.41, 5.74) is 2.45. The van der Waals surface area contributed by atoms with Crippen LogP contribution in [0.15, 0.2) is 48.5 Å². The fourth-order valence-corrected chi connectivity index (χ4v) is 5.33. The lowest BCUT2D eigenvalue weighted by Crippen LogP contribution is -2.20. The lowest BCUT2D eigenvalue weighted by atomic mass is 10.2. The minimum absolute atomic E-state index is 0.0660. The van der Waals surface area contributed by atoms with Crippen molar-refractivity contribution in [1.29, 1.82) is 0 Å². The van der Waals surface area contributed by atoms with Crippen molar-refractivity contribution in [3.8, 4) is 5.75 Å². The van der Waals surface area contributed by atoms with Crippen LogP contribution in [0.25, 0.3) is 0 Å². The molecule has 0 bridgehead atoms. The summed E-state index contributed by atoms with van der Waals surface area (Å²) in [6, 6.07) is 14.6. The van der Waals surface area contributed by atoms with Crippen LogP contribution in [0.2, 0.25) is 0 Å². The van der Waals surface area contributed by atoms with Gasteiger partial charge in [-0.2, -0.15) is 0 Å². The van der Waals surface area contributed by atoms with Gasteiger partial charge in [0.15, 0.2) is 6.61 Å². The van der Waals surface area contributed by atoms with Crippen LogP contribution in [0, 0.1) is 0 Å². The number of hydrogen-bond acceptors (Lipinski definition) is 5. The number of carbonyl (C=O) groups is 2. The van der Waals surface area contributed by atoms with Gasteiger partial charge in [-0.15, -0.1) is 23.5 Å². The number of benzene rings is 2. The second-order valence-corrected chi connectivity index (χ2v) is 8.36. The number of anilines is 1. The predicted molar refractivity (Wildman–Crippen MR) is 108 cm³/mol. The molecule has 0 spiro atoms. The average Bonchev–Trinajstić information content (AvgIpc) is 3.21. The molecule has 0 atom stereocenters. The third kappa shape index (κ3) is 4.95. The second-order valence-electron chi connectivity index (χ2n) is 5.64. The monoisotopic (exact) mass is 388 g/mol. The van der Waals surface area contributed by atoms with E-state index in [1.807, 2.05) is 35.7 Å². The smallest absolute Gasteiger partial charge is 0.262 e. The molecule has 26 heavy (non-hydrogen) atoms. The van der Waals surface area contributed by atoms with Crippen molar-refractivity contribution in [3.63, 3.8) is 0 Å². The molecule has 2 aromatic rings. The molecule has 1 heterocycles. The summed E-state index contributed by atoms with van der Waals surface area (Å²) in [5.74, 6) is 2.65. The molecule has 0 radical (unpaired) electrons. The van der Waals surface area contributed by atoms with Gasteiger partial charge >= 0.3 is 0 Å². The molecule has 3 rings (SSSR count). The SMILES string of the molecule is CNC(=O)c1ccc(NC(=O)COc2ccc(C3SCCS3)cc2)cc1. The van der Waals surface area contributed by atoms with Gasteiger partial charge in [0.05, 0.1) is 4.58 Å². The van der Waals surface area contributed by atoms with Gasteiger partial charge in [-0.1, -0.05) is 12.1 Å². The van der Waals surface area contributed by atoms with Gasteiger partial charge in [-0.25, -0.2) is 0 Å². The van der Waals surface area contributed by atoms with Crippen molar-refractivity contribution in [2.24, 2.45) is 0 Å². The minimum atomic E-state index is -0.247. The zero-order valence-electron chi connectivity index (χ0n) is 14.4. The first-order valence-corrected chi connectivity index (χ1v) is 10.3. The molecule has 2 amide bonds. The molecule has 0 saturated carbocycles. The first-order valence-electron chi connectivity index (χ1n) is 8.23. The lowest BCUT2D eigenvalue weighted by Gasteiger charge is -2.11. The van der Waals surface area contributed by atoms with Crippen LogP contribution in [0.1, 0.15) is 20.5 Å². The summed E-state index contributed by atoms with van der Waals surface area (Å²) < 4.78 is 6.05. The highest BCUT2D eigenvalue weighted by atomic mass is 32.2. The largest absolute Gasteiger partial charge is 0.484 e. The molecular formula is C19H20N2O3S2. The van der Waals surface area contributed by atoms with E-state index in [1.165, 1.54) is 17.1 Å². The Morgan fingerprint density at radius 1 is 1.04 bits per heavy atom. The Kier molecular flexibility index (Phi) is 6.46. The predicted octanol–water partition coefficient (Wildman–Crippen LogP) is 3.54. The maximum absolute atomic E-state index is 12.0. The zero-order chi connectivity index (χ0) is 18.4. The highest BCUT2D eigenvalue weighted by Gasteiger charge is 2.18. The highest BCUT2D eigenvalue weighted by molar-refractivity contribution is 8.19. The van der Waals surface area contributed by atoms with Gasteiger partial charge in [0.25, 0.3) is 11.8 Å². The van der Waals surface area contributed by atoms with E-state index in [4.69, 9.17) is 4.74 Å². The summed E-state index contributed by atoms with van der Waals surface area (Å²) in [6.45, 7) is -0.0660. The van der Waals surface area contributed by atoms with Gasteiger partial charge in [0, 0.05) is 29.8 Å². The molecule has 136 valence electrons. The van der Waals surface area contributed by atoms with Gasteiger partial charge in [-0.05, 0) is 42.0 Å². The Labute approximate surface area is 161 Å². The summed E-state index contributed by atoms with van der Waals surface area (Å²) in [7, 11) is 1.58. The molecule has 0 aliphatic carbocycles. The molecule has 2 N–H and O–H groups in total. The van der Waals surface area contributed by atoms with Crippen LogP contribution >= 0.6 is 23.5 Å². The van der Waals surface area contributed by atoms with Gasteiger partial charge in [-0.3, -0.25) is 9.59 Å². The van der Waals surface area contributed by atoms with Crippen LogP contribution in [0.5, 0.6) is 5.75 Å². The normalized spacial score (nSPS) is 14.0. The summed E-state index contributed by atoms with van der Waals surface area (Å²) >= 11 is 3.92. The molecule has 0 aromatic heterocycles. The van der Waals surface area contributed by atoms with E-state index in [0.717, 1.165) is 0 Å². The molecule has 1 aliphatic rings. The third-order valence-electron chi connectivity index (χ3n) is 3.80. The second kappa shape index (κ2) is 9.00. The Hall–Kier alpha value is -2.12. The van der Waals surface area contributed by atoms with Crippen LogP contribution in [-0.2, 0) is 4.79 Å². The van der Waals surface area contributed by atoms with Crippen molar-refractivity contribution in [3.05, 3.63) is 59.7 Å². The van der Waals surface area contributed by atoms with Crippen LogP contribution < -0.4 is 15.4 Å². The topological polar surface area (TPSA) is 67.4 Å². The van der Waals surface area contributed by atoms with E-state index in [2.05, 4.69) is 22.8 Å². The number of nitrogens with one attached hydrogen (secondary N) is 2. The Morgan fingerprint density at radius 3 is 2.31 bits per heavy atom. The molecular weight excluding hydrogens is 368 g/mol. The van der Waals surface area contributed by atoms with Gasteiger partial charge < -0.3 is 15.4 Å². The maximum atomic E-state index is 12.0. The molecule has 5 nitrogen and oxygen atoms in total. The molecule has 2 aromatic carbocycles. The lowest BCUT2D eigenvalue weighted by molar-refractivity contribution is -0.118. The van der Waals surface area contributed by atoms with Crippen LogP contribution in [-0.4, -0.2) is 37.0 Å². The Bertz CT molecular complexity index is 757. The molecule has 1 fully saturated rings. The number of rotatable bonds is 6. The standard InChI is InChI=1S/C19H20N2O3S2/c1-20-18(23)13-2-6-15(7-3-13)21-17(22)12-24-16-8-4-14(5-9-16)19-25-10-11-26-19/h2-9,19H,10-12H2,1H3,(H,20,23)(H,21,22). The third-order valence-corrected chi connectivity index (χ3v) is 6.91. The van der Waals surface area contributed by atoms with Crippen LogP contribution in [0.3, 0.4) is 0 Å². The average molecular weight is 389 g/mol. The number of carbonyl (C=O) groups excluding carboxylic acids is 2. The maximum Gasteiger partial charge on any atom is 0.262 e. The van der Waals surface area contributed by atoms with E-state index in [0.29, 0.717) is 21.6 Å². The van der Waals surface area contributed by atoms with Crippen molar-refractivity contribution >= 4 is 41.0 Å². The Morgan fingerprint density at radius 2 is 1.69 bits per heavy atom. The summed E-state index contributed by atoms with van der Waals surface area (Å²) in [5, 5.41) is 5.30. The molecule has 1 saturated heterocycles. The number of hydrogen-bond donors (Lipinski definition) is 2. The fraction of sp³-hybridized carbons (Fsp3) is 0.263. The van der Waals surface area contributed by atoms with Crippen molar-refractivity contribution in [2.75, 3.05) is 30.5 Å². The zero-order valence-corrected chi connectivity index (χ0v) is 16.0. The number of amides is 2. The van der Waals surface area contributed by atoms with E-state index in [9.17, 15) is 9.59 Å². The van der Waals surface area contributed by atoms with E-state index in [1.54, 1.807) is 31.3 Å². The van der Waals surface area contributed by atoms with Crippen molar-refractivity contribution < 1.29 is 14.3 Å². The number of ether oxygens (including phenoxy) is 1. The van der Waals surface area contributed by atoms with Crippen molar-refractivity contribution in [1.82, 2.24) is 5.32 Å². The Balaban J connectivity index is 1.48. The molecule has 7 heteroatoms. The van der Waals surface area contributed by atoms with Gasteiger partial charge in [0.1, 0.15) is 5.75 Å². The van der Waals surface area contributed by atoms with Gasteiger partial charge in [0.2, 0.25) is 0 Å². The van der Waals surface area contributed by atoms with E-state index < -0.39 is 0 Å². The quantitative estimate of drug-likeness (QED) is 0.792. The molecule has 0 unspecified atom stereocenters. The number of thioether (sulfide) groups is 2. The summed E-state index contributed by atoms with van der Waals surface area (Å²) in [4.78, 5) is 23.5. The van der Waals surface area contributed by atoms with Crippen molar-refractivity contribution in [2.45, 2.75) is 4.58 Å². The first kappa shape index (κ1) is 18.7. The molecule has 1 aliphatic heterocycles. The highest BCUT2D eigenvalue weighted by Crippen LogP contribution is 2.45. The van der Waals surface area contributed by atoms with E-state index >= 15 is 0 Å². The van der Waals surface area contributed by atoms with E-state index in [-0.39, 0.29) is 18.4 Å². The van der Waals surface area contributed by atoms with Crippen LogP contribution in [0.4, 0.5) is 5.69 Å². The fourth-order valence-electron chi connectivity index (χ4n) is 2.47.